The summed E-state index contributed by atoms with van der Waals surface area (Å²) in [5, 5.41) is 33.4. The smallest absolute Gasteiger partial charge is 0.244 e. The molecule has 23 heteroatoms. The molecule has 0 spiro atoms. The Morgan fingerprint density at radius 3 is 1.89 bits per heavy atom. The highest BCUT2D eigenvalue weighted by atomic mass is 33.1. The molecule has 1 fully saturated rings. The molecule has 1 aliphatic heterocycles. The molecule has 8 atom stereocenters. The summed E-state index contributed by atoms with van der Waals surface area (Å²) in [6, 6.07) is 23.7. The first-order chi connectivity index (χ1) is 40.4. The van der Waals surface area contributed by atoms with Gasteiger partial charge in [-0.2, -0.15) is 0 Å². The van der Waals surface area contributed by atoms with Crippen molar-refractivity contribution in [2.24, 2.45) is 23.1 Å². The average Bonchev–Trinajstić information content (AvgIpc) is 4.00. The van der Waals surface area contributed by atoms with Gasteiger partial charge in [-0.05, 0) is 95.4 Å². The van der Waals surface area contributed by atoms with Crippen LogP contribution in [0.25, 0.3) is 32.6 Å². The van der Waals surface area contributed by atoms with Gasteiger partial charge in [-0.1, -0.05) is 126 Å². The standard InChI is InChI=1S/C61H72N12O9S2/c1-34(2)53-61(82)72-52(59(80)68-48(54(64)75)27-36-18-21-37-11-3-4-12-38(37)25-36)33-84-83-32-51(71-55(76)44(63)28-39-30-65-45-15-7-5-13-42(39)45)60(81)69-49(26-35-19-22-41(74)23-20-35)57(78)70-50(29-40-31-66-46-16-8-6-14-43(40)46)58(79)67-47(56(77)73-53)17-9-10-24-62/h3-8,11-16,18-23,25,30-31,34,44,47-53,65-66,74H,9-10,17,24,26-29,32-33,62-63H2,1-2H3,(H2,64,75)(H,67,79)(H,68,80)(H,69,81)(H,70,78)(H,71,76)(H,72,82)(H,73,77)/t44-,47-,48+,49-,50+,51+,52-,53-/m0/s1. The van der Waals surface area contributed by atoms with Crippen molar-refractivity contribution in [3.63, 3.8) is 0 Å². The van der Waals surface area contributed by atoms with Gasteiger partial charge in [0, 0.05) is 65.0 Å². The average molecular weight is 1180 g/mol. The Morgan fingerprint density at radius 1 is 0.631 bits per heavy atom. The van der Waals surface area contributed by atoms with Crippen LogP contribution in [0.3, 0.4) is 0 Å². The highest BCUT2D eigenvalue weighted by Gasteiger charge is 2.36. The number of aromatic nitrogens is 2. The second kappa shape index (κ2) is 29.2. The molecule has 0 aliphatic carbocycles. The molecular formula is C61H72N12O9S2. The molecule has 1 aliphatic rings. The topological polar surface area (TPSA) is 351 Å². The summed E-state index contributed by atoms with van der Waals surface area (Å²) < 4.78 is 0. The maximum Gasteiger partial charge on any atom is 0.244 e. The number of amides is 8. The van der Waals surface area contributed by atoms with Crippen LogP contribution in [0.4, 0.5) is 0 Å². The number of benzene rings is 5. The van der Waals surface area contributed by atoms with Gasteiger partial charge in [-0.25, -0.2) is 0 Å². The Bertz CT molecular complexity index is 3480. The number of phenols is 1. The van der Waals surface area contributed by atoms with Crippen LogP contribution in [0.5, 0.6) is 5.75 Å². The molecule has 7 aromatic rings. The summed E-state index contributed by atoms with van der Waals surface area (Å²) in [5.74, 6) is -7.10. The van der Waals surface area contributed by atoms with Crippen LogP contribution in [0.15, 0.2) is 128 Å². The van der Waals surface area contributed by atoms with Gasteiger partial charge in [0.1, 0.15) is 48.0 Å². The second-order valence-corrected chi connectivity index (χ2v) is 23.9. The van der Waals surface area contributed by atoms with Crippen molar-refractivity contribution < 1.29 is 43.5 Å². The van der Waals surface area contributed by atoms with Gasteiger partial charge in [0.15, 0.2) is 0 Å². The minimum atomic E-state index is -1.41. The van der Waals surface area contributed by atoms with Crippen molar-refractivity contribution in [1.29, 1.82) is 0 Å². The number of aromatic amines is 2. The first-order valence-corrected chi connectivity index (χ1v) is 30.4. The number of hydrogen-bond donors (Lipinski definition) is 13. The summed E-state index contributed by atoms with van der Waals surface area (Å²) in [6.07, 6.45) is 4.30. The Labute approximate surface area is 493 Å². The summed E-state index contributed by atoms with van der Waals surface area (Å²) in [6.45, 7) is 3.68. The van der Waals surface area contributed by atoms with Gasteiger partial charge < -0.3 is 69.5 Å². The number of carbonyl (C=O) groups excluding carboxylic acids is 8. The molecule has 442 valence electrons. The summed E-state index contributed by atoms with van der Waals surface area (Å²) >= 11 is 0. The molecule has 0 radical (unpaired) electrons. The van der Waals surface area contributed by atoms with Gasteiger partial charge in [0.05, 0.1) is 6.04 Å². The Kier molecular flexibility index (Phi) is 21.5. The first kappa shape index (κ1) is 61.7. The van der Waals surface area contributed by atoms with E-state index in [9.17, 15) is 43.5 Å². The van der Waals surface area contributed by atoms with Gasteiger partial charge in [-0.3, -0.25) is 38.4 Å². The number of aromatic hydroxyl groups is 1. The number of nitrogens with two attached hydrogens (primary N) is 3. The maximum atomic E-state index is 15.0. The highest BCUT2D eigenvalue weighted by molar-refractivity contribution is 8.76. The number of para-hydroxylation sites is 2. The molecule has 84 heavy (non-hydrogen) atoms. The molecule has 16 N–H and O–H groups in total. The zero-order chi connectivity index (χ0) is 59.9. The maximum absolute atomic E-state index is 15.0. The van der Waals surface area contributed by atoms with E-state index >= 15 is 0 Å². The summed E-state index contributed by atoms with van der Waals surface area (Å²) in [4.78, 5) is 122. The second-order valence-electron chi connectivity index (χ2n) is 21.3. The molecule has 8 rings (SSSR count). The van der Waals surface area contributed by atoms with Gasteiger partial charge in [0.2, 0.25) is 47.3 Å². The minimum absolute atomic E-state index is 0.0176. The molecule has 1 saturated heterocycles. The number of nitrogens with one attached hydrogen (secondary N) is 9. The normalized spacial score (nSPS) is 20.5. The van der Waals surface area contributed by atoms with Crippen LogP contribution in [-0.4, -0.2) is 129 Å². The third kappa shape index (κ3) is 16.5. The van der Waals surface area contributed by atoms with E-state index in [1.807, 2.05) is 91.0 Å². The lowest BCUT2D eigenvalue weighted by Gasteiger charge is -2.29. The van der Waals surface area contributed by atoms with E-state index in [1.165, 1.54) is 12.1 Å². The lowest BCUT2D eigenvalue weighted by atomic mass is 9.99. The number of phenolic OH excluding ortho intramolecular Hbond substituents is 1. The van der Waals surface area contributed by atoms with E-state index in [4.69, 9.17) is 17.2 Å². The van der Waals surface area contributed by atoms with Crippen LogP contribution in [0.1, 0.15) is 55.4 Å². The lowest BCUT2D eigenvalue weighted by molar-refractivity contribution is -0.136. The van der Waals surface area contributed by atoms with Gasteiger partial charge >= 0.3 is 0 Å². The zero-order valence-corrected chi connectivity index (χ0v) is 48.3. The van der Waals surface area contributed by atoms with Gasteiger partial charge in [0.25, 0.3) is 0 Å². The van der Waals surface area contributed by atoms with E-state index in [1.54, 1.807) is 38.4 Å². The number of fused-ring (bicyclic) bond motifs is 3. The van der Waals surface area contributed by atoms with Crippen molar-refractivity contribution in [3.05, 3.63) is 150 Å². The van der Waals surface area contributed by atoms with Crippen LogP contribution >= 0.6 is 21.6 Å². The summed E-state index contributed by atoms with van der Waals surface area (Å²) in [5.41, 5.74) is 22.6. The lowest BCUT2D eigenvalue weighted by Crippen LogP contribution is -2.61. The molecule has 5 aromatic carbocycles. The summed E-state index contributed by atoms with van der Waals surface area (Å²) in [7, 11) is 2.13. The molecule has 0 saturated carbocycles. The van der Waals surface area contributed by atoms with Crippen molar-refractivity contribution in [3.8, 4) is 5.75 Å². The van der Waals surface area contributed by atoms with E-state index in [-0.39, 0.29) is 55.9 Å². The predicted octanol–water partition coefficient (Wildman–Crippen LogP) is 3.16. The van der Waals surface area contributed by atoms with Crippen LogP contribution < -0.4 is 54.4 Å². The predicted molar refractivity (Wildman–Crippen MR) is 327 cm³/mol. The molecule has 2 aromatic heterocycles. The minimum Gasteiger partial charge on any atom is -0.508 e. The fourth-order valence-electron chi connectivity index (χ4n) is 10.0. The number of carbonyl (C=O) groups is 8. The fraction of sp³-hybridized carbons (Fsp3) is 0.344. The Balaban J connectivity index is 1.14. The fourth-order valence-corrected chi connectivity index (χ4v) is 12.4. The van der Waals surface area contributed by atoms with E-state index in [0.29, 0.717) is 29.5 Å². The van der Waals surface area contributed by atoms with Gasteiger partial charge in [-0.15, -0.1) is 0 Å². The van der Waals surface area contributed by atoms with Crippen molar-refractivity contribution in [1.82, 2.24) is 47.2 Å². The molecule has 8 amide bonds. The number of hydrogen-bond acceptors (Lipinski definition) is 13. The van der Waals surface area contributed by atoms with Crippen molar-refractivity contribution in [2.45, 2.75) is 107 Å². The van der Waals surface area contributed by atoms with Crippen LogP contribution in [0, 0.1) is 5.92 Å². The zero-order valence-electron chi connectivity index (χ0n) is 46.7. The molecule has 0 unspecified atom stereocenters. The van der Waals surface area contributed by atoms with Crippen molar-refractivity contribution in [2.75, 3.05) is 18.1 Å². The van der Waals surface area contributed by atoms with E-state index in [2.05, 4.69) is 47.2 Å². The van der Waals surface area contributed by atoms with E-state index in [0.717, 1.165) is 59.7 Å². The molecule has 0 bridgehead atoms. The SMILES string of the molecule is CC(C)[C@@H]1NC(=O)[C@H](CCCCN)NC(=O)[C@@H](Cc2c[nH]c3ccccc23)NC(=O)[C@H](Cc2ccc(O)cc2)NC(=O)[C@H](NC(=O)[C@@H](N)Cc2c[nH]c3ccccc23)CSSC[C@@H](C(=O)N[C@H](Cc2ccc3ccccc3c2)C(N)=O)NC1=O. The molecule has 21 nitrogen and oxygen atoms in total. The number of rotatable bonds is 18. The monoisotopic (exact) mass is 1180 g/mol. The molecule has 3 heterocycles. The van der Waals surface area contributed by atoms with Crippen LogP contribution in [0.2, 0.25) is 0 Å². The number of H-pyrrole nitrogens is 2. The van der Waals surface area contributed by atoms with Crippen LogP contribution in [-0.2, 0) is 64.0 Å². The Morgan fingerprint density at radius 2 is 1.21 bits per heavy atom. The third-order valence-corrected chi connectivity index (χ3v) is 17.2. The largest absolute Gasteiger partial charge is 0.508 e. The Hall–Kier alpha value is -8.38. The van der Waals surface area contributed by atoms with E-state index < -0.39 is 102 Å². The van der Waals surface area contributed by atoms with Crippen molar-refractivity contribution >= 4 is 101 Å². The number of primary amides is 1. The number of unbranched alkanes of at least 4 members (excludes halogenated alkanes) is 1. The third-order valence-electron chi connectivity index (χ3n) is 14.8. The first-order valence-electron chi connectivity index (χ1n) is 27.9. The molecular weight excluding hydrogens is 1110 g/mol. The highest BCUT2D eigenvalue weighted by Crippen LogP contribution is 2.26. The quantitative estimate of drug-likeness (QED) is 0.0434.